The van der Waals surface area contributed by atoms with Gasteiger partial charge < -0.3 is 14.2 Å². The fourth-order valence-corrected chi connectivity index (χ4v) is 5.85. The fraction of sp³-hybridized carbons (Fsp3) is 0.694. The highest BCUT2D eigenvalue weighted by Crippen LogP contribution is 2.13. The molecule has 1 atom stereocenters. The van der Waals surface area contributed by atoms with E-state index in [4.69, 9.17) is 14.2 Å². The summed E-state index contributed by atoms with van der Waals surface area (Å²) in [6, 6.07) is 0. The Hall–Kier alpha value is -3.15. The lowest BCUT2D eigenvalue weighted by Crippen LogP contribution is -2.30. The Morgan fingerprint density at radius 3 is 1.24 bits per heavy atom. The Morgan fingerprint density at radius 2 is 0.727 bits per heavy atom. The molecule has 0 heterocycles. The summed E-state index contributed by atoms with van der Waals surface area (Å²) in [5.74, 6) is -0.988. The fourth-order valence-electron chi connectivity index (χ4n) is 5.85. The van der Waals surface area contributed by atoms with Crippen molar-refractivity contribution in [1.82, 2.24) is 0 Å². The maximum absolute atomic E-state index is 12.6. The molecular formula is C49H82O6. The van der Waals surface area contributed by atoms with Crippen molar-refractivity contribution >= 4 is 17.9 Å². The topological polar surface area (TPSA) is 78.9 Å². The lowest BCUT2D eigenvalue weighted by atomic mass is 10.1. The van der Waals surface area contributed by atoms with E-state index in [1.54, 1.807) is 0 Å². The van der Waals surface area contributed by atoms with Gasteiger partial charge in [0.1, 0.15) is 13.2 Å². The number of hydrogen-bond donors (Lipinski definition) is 0. The Kier molecular flexibility index (Phi) is 41.1. The third-order valence-electron chi connectivity index (χ3n) is 9.18. The smallest absolute Gasteiger partial charge is 0.306 e. The first-order chi connectivity index (χ1) is 27.0. The average Bonchev–Trinajstić information content (AvgIpc) is 3.18. The van der Waals surface area contributed by atoms with E-state index in [-0.39, 0.29) is 37.5 Å². The summed E-state index contributed by atoms with van der Waals surface area (Å²) in [6.45, 7) is 6.28. The largest absolute Gasteiger partial charge is 0.462 e. The van der Waals surface area contributed by atoms with Gasteiger partial charge in [-0.05, 0) is 96.3 Å². The van der Waals surface area contributed by atoms with Gasteiger partial charge in [0.15, 0.2) is 6.10 Å². The minimum absolute atomic E-state index is 0.101. The van der Waals surface area contributed by atoms with Gasteiger partial charge in [-0.2, -0.15) is 0 Å². The zero-order chi connectivity index (χ0) is 40.1. The van der Waals surface area contributed by atoms with Crippen LogP contribution in [-0.2, 0) is 28.6 Å². The maximum atomic E-state index is 12.6. The zero-order valence-electron chi connectivity index (χ0n) is 35.7. The van der Waals surface area contributed by atoms with Crippen LogP contribution in [0.1, 0.15) is 201 Å². The van der Waals surface area contributed by atoms with Gasteiger partial charge >= 0.3 is 17.9 Å². The summed E-state index contributed by atoms with van der Waals surface area (Å²) in [6.07, 6.45) is 53.4. The molecule has 0 fully saturated rings. The molecular weight excluding hydrogens is 685 g/mol. The van der Waals surface area contributed by atoms with Crippen molar-refractivity contribution < 1.29 is 28.6 Å². The average molecular weight is 767 g/mol. The lowest BCUT2D eigenvalue weighted by molar-refractivity contribution is -0.167. The van der Waals surface area contributed by atoms with Crippen LogP contribution in [-0.4, -0.2) is 37.2 Å². The Labute approximate surface area is 338 Å². The van der Waals surface area contributed by atoms with E-state index in [1.807, 2.05) is 0 Å². The molecule has 0 bridgehead atoms. The maximum Gasteiger partial charge on any atom is 0.306 e. The Bertz CT molecular complexity index is 1070. The van der Waals surface area contributed by atoms with Crippen LogP contribution in [0.15, 0.2) is 72.9 Å². The summed E-state index contributed by atoms with van der Waals surface area (Å²) in [5, 5.41) is 0. The van der Waals surface area contributed by atoms with Crippen LogP contribution in [0, 0.1) is 0 Å². The summed E-state index contributed by atoms with van der Waals surface area (Å²) in [5.41, 5.74) is 0. The van der Waals surface area contributed by atoms with E-state index in [0.717, 1.165) is 77.0 Å². The number of unbranched alkanes of at least 4 members (excludes halogenated alkanes) is 16. The minimum atomic E-state index is -0.801. The second kappa shape index (κ2) is 43.6. The molecule has 0 spiro atoms. The molecule has 55 heavy (non-hydrogen) atoms. The quantitative estimate of drug-likeness (QED) is 0.0268. The number of carbonyl (C=O) groups excluding carboxylic acids is 3. The second-order valence-electron chi connectivity index (χ2n) is 14.5. The van der Waals surface area contributed by atoms with E-state index < -0.39 is 6.10 Å². The van der Waals surface area contributed by atoms with Crippen molar-refractivity contribution in [2.24, 2.45) is 0 Å². The Morgan fingerprint density at radius 1 is 0.382 bits per heavy atom. The monoisotopic (exact) mass is 767 g/mol. The van der Waals surface area contributed by atoms with Crippen LogP contribution in [0.4, 0.5) is 0 Å². The van der Waals surface area contributed by atoms with Gasteiger partial charge in [-0.1, -0.05) is 158 Å². The van der Waals surface area contributed by atoms with Gasteiger partial charge in [0, 0.05) is 19.3 Å². The van der Waals surface area contributed by atoms with E-state index in [2.05, 4.69) is 93.7 Å². The number of allylic oxidation sites excluding steroid dienone is 12. The van der Waals surface area contributed by atoms with E-state index in [1.165, 1.54) is 70.6 Å². The molecule has 0 saturated heterocycles. The zero-order valence-corrected chi connectivity index (χ0v) is 35.7. The molecule has 0 rings (SSSR count). The molecule has 0 aromatic heterocycles. The highest BCUT2D eigenvalue weighted by atomic mass is 16.6. The normalized spacial score (nSPS) is 12.7. The Balaban J connectivity index is 4.31. The number of ether oxygens (including phenoxy) is 3. The molecule has 0 aliphatic rings. The number of hydrogen-bond acceptors (Lipinski definition) is 6. The van der Waals surface area contributed by atoms with E-state index in [9.17, 15) is 14.4 Å². The van der Waals surface area contributed by atoms with Crippen LogP contribution in [0.5, 0.6) is 0 Å². The van der Waals surface area contributed by atoms with Crippen LogP contribution < -0.4 is 0 Å². The third kappa shape index (κ3) is 41.8. The van der Waals surface area contributed by atoms with Gasteiger partial charge in [-0.3, -0.25) is 14.4 Å². The van der Waals surface area contributed by atoms with Crippen LogP contribution in [0.3, 0.4) is 0 Å². The minimum Gasteiger partial charge on any atom is -0.462 e. The molecule has 1 unspecified atom stereocenters. The predicted molar refractivity (Wildman–Crippen MR) is 233 cm³/mol. The molecule has 0 aliphatic heterocycles. The van der Waals surface area contributed by atoms with Gasteiger partial charge in [0.25, 0.3) is 0 Å². The van der Waals surface area contributed by atoms with Gasteiger partial charge in [-0.25, -0.2) is 0 Å². The van der Waals surface area contributed by atoms with Crippen molar-refractivity contribution in [2.45, 2.75) is 207 Å². The predicted octanol–water partition coefficient (Wildman–Crippen LogP) is 14.3. The first-order valence-electron chi connectivity index (χ1n) is 22.4. The number of rotatable bonds is 39. The molecule has 0 saturated carbocycles. The van der Waals surface area contributed by atoms with E-state index in [0.29, 0.717) is 25.7 Å². The second-order valence-corrected chi connectivity index (χ2v) is 14.5. The molecule has 314 valence electrons. The number of esters is 3. The van der Waals surface area contributed by atoms with Gasteiger partial charge in [-0.15, -0.1) is 0 Å². The third-order valence-corrected chi connectivity index (χ3v) is 9.18. The highest BCUT2D eigenvalue weighted by Gasteiger charge is 2.19. The standard InChI is InChI=1S/C49H82O6/c1-4-7-10-13-16-19-20-21-22-23-24-25-26-27-28-31-33-36-39-42-48(51)54-45-46(55-49(52)43-40-37-34-30-18-15-12-9-6-3)44-53-47(50)41-38-35-32-29-17-14-11-8-5-2/h7,9-10,12,16,18-19,21-22,29-30,32,46H,4-6,8,11,13-15,17,20,23-28,31,33-45H2,1-3H3/b10-7-,12-9-,19-16-,22-21-,30-18-,32-29-. The van der Waals surface area contributed by atoms with Crippen LogP contribution in [0.2, 0.25) is 0 Å². The summed E-state index contributed by atoms with van der Waals surface area (Å²) < 4.78 is 16.6. The number of carbonyl (C=O) groups is 3. The van der Waals surface area contributed by atoms with Gasteiger partial charge in [0.05, 0.1) is 0 Å². The van der Waals surface area contributed by atoms with Crippen LogP contribution >= 0.6 is 0 Å². The summed E-state index contributed by atoms with van der Waals surface area (Å²) >= 11 is 0. The van der Waals surface area contributed by atoms with Crippen molar-refractivity contribution in [3.63, 3.8) is 0 Å². The molecule has 0 radical (unpaired) electrons. The van der Waals surface area contributed by atoms with Crippen molar-refractivity contribution in [2.75, 3.05) is 13.2 Å². The van der Waals surface area contributed by atoms with Crippen molar-refractivity contribution in [1.29, 1.82) is 0 Å². The van der Waals surface area contributed by atoms with E-state index >= 15 is 0 Å². The molecule has 6 nitrogen and oxygen atoms in total. The van der Waals surface area contributed by atoms with Crippen molar-refractivity contribution in [3.05, 3.63) is 72.9 Å². The van der Waals surface area contributed by atoms with Crippen LogP contribution in [0.25, 0.3) is 0 Å². The first-order valence-corrected chi connectivity index (χ1v) is 22.4. The molecule has 0 amide bonds. The molecule has 6 heteroatoms. The summed E-state index contributed by atoms with van der Waals surface area (Å²) in [7, 11) is 0. The SMILES string of the molecule is CC/C=C\C/C=C\C/C=C\CCCCCCCCCCCC(=O)OCC(COC(=O)CCC/C=C\CCCCCC)OC(=O)CCCC/C=C\C/C=C\CC. The first kappa shape index (κ1) is 51.9. The lowest BCUT2D eigenvalue weighted by Gasteiger charge is -2.18. The molecule has 0 aromatic rings. The van der Waals surface area contributed by atoms with Gasteiger partial charge in [0.2, 0.25) is 0 Å². The molecule has 0 aromatic carbocycles. The summed E-state index contributed by atoms with van der Waals surface area (Å²) in [4.78, 5) is 37.6. The highest BCUT2D eigenvalue weighted by molar-refractivity contribution is 5.71. The van der Waals surface area contributed by atoms with Crippen molar-refractivity contribution in [3.8, 4) is 0 Å². The molecule has 0 N–H and O–H groups in total. The molecule has 0 aliphatic carbocycles.